The fourth-order valence-electron chi connectivity index (χ4n) is 2.78. The van der Waals surface area contributed by atoms with Gasteiger partial charge in [-0.2, -0.15) is 5.26 Å². The van der Waals surface area contributed by atoms with E-state index in [0.29, 0.717) is 39.6 Å². The standard InChI is InChI=1S/C19H17N3O5/c1-24-15-5-11(9-20)14(8-18(15)27-4)22-10-21-13-7-17(26-3)16(25-2)6-12(13)19(22)23/h5-8,10H,1-4H3. The molecule has 27 heavy (non-hydrogen) atoms. The van der Waals surface area contributed by atoms with Crippen molar-refractivity contribution >= 4 is 10.9 Å². The Bertz CT molecular complexity index is 1110. The number of fused-ring (bicyclic) bond motifs is 1. The van der Waals surface area contributed by atoms with Gasteiger partial charge in [-0.25, -0.2) is 4.98 Å². The summed E-state index contributed by atoms with van der Waals surface area (Å²) in [5, 5.41) is 9.83. The molecule has 0 unspecified atom stereocenters. The first-order valence-electron chi connectivity index (χ1n) is 7.87. The number of aromatic nitrogens is 2. The van der Waals surface area contributed by atoms with Gasteiger partial charge < -0.3 is 18.9 Å². The summed E-state index contributed by atoms with van der Waals surface area (Å²) in [6, 6.07) is 8.33. The molecule has 138 valence electrons. The summed E-state index contributed by atoms with van der Waals surface area (Å²) < 4.78 is 22.3. The van der Waals surface area contributed by atoms with E-state index in [0.717, 1.165) is 0 Å². The van der Waals surface area contributed by atoms with Crippen LogP contribution in [-0.4, -0.2) is 38.0 Å². The molecular weight excluding hydrogens is 350 g/mol. The number of ether oxygens (including phenoxy) is 4. The summed E-state index contributed by atoms with van der Waals surface area (Å²) in [5.41, 5.74) is 0.679. The first-order valence-corrected chi connectivity index (χ1v) is 7.87. The first-order chi connectivity index (χ1) is 13.1. The van der Waals surface area contributed by atoms with Gasteiger partial charge in [-0.15, -0.1) is 0 Å². The van der Waals surface area contributed by atoms with Crippen LogP contribution >= 0.6 is 0 Å². The topological polar surface area (TPSA) is 95.6 Å². The fraction of sp³-hybridized carbons (Fsp3) is 0.211. The van der Waals surface area contributed by atoms with Gasteiger partial charge in [0.1, 0.15) is 12.4 Å². The molecule has 0 saturated carbocycles. The maximum absolute atomic E-state index is 13.1. The van der Waals surface area contributed by atoms with Gasteiger partial charge in [0, 0.05) is 18.2 Å². The molecule has 0 N–H and O–H groups in total. The van der Waals surface area contributed by atoms with E-state index < -0.39 is 0 Å². The van der Waals surface area contributed by atoms with E-state index in [1.165, 1.54) is 45.4 Å². The lowest BCUT2D eigenvalue weighted by molar-refractivity contribution is 0.354. The van der Waals surface area contributed by atoms with Crippen molar-refractivity contribution < 1.29 is 18.9 Å². The highest BCUT2D eigenvalue weighted by molar-refractivity contribution is 5.82. The molecule has 0 saturated heterocycles. The molecule has 2 aromatic carbocycles. The number of hydrogen-bond acceptors (Lipinski definition) is 7. The van der Waals surface area contributed by atoms with Gasteiger partial charge in [-0.05, 0) is 6.07 Å². The second-order valence-electron chi connectivity index (χ2n) is 5.48. The molecule has 0 amide bonds. The van der Waals surface area contributed by atoms with Crippen LogP contribution in [0.2, 0.25) is 0 Å². The molecule has 0 spiro atoms. The van der Waals surface area contributed by atoms with E-state index in [2.05, 4.69) is 11.1 Å². The van der Waals surface area contributed by atoms with Gasteiger partial charge in [0.05, 0.1) is 50.6 Å². The van der Waals surface area contributed by atoms with Crippen LogP contribution in [0.25, 0.3) is 16.6 Å². The summed E-state index contributed by atoms with van der Waals surface area (Å²) in [6.07, 6.45) is 1.36. The molecule has 0 atom stereocenters. The Morgan fingerprint density at radius 2 is 1.44 bits per heavy atom. The monoisotopic (exact) mass is 367 g/mol. The molecule has 0 aliphatic heterocycles. The van der Waals surface area contributed by atoms with Crippen molar-refractivity contribution in [2.45, 2.75) is 0 Å². The van der Waals surface area contributed by atoms with Crippen molar-refractivity contribution in [3.8, 4) is 34.8 Å². The predicted molar refractivity (Wildman–Crippen MR) is 98.3 cm³/mol. The first kappa shape index (κ1) is 18.1. The summed E-state index contributed by atoms with van der Waals surface area (Å²) >= 11 is 0. The van der Waals surface area contributed by atoms with Crippen LogP contribution in [0.3, 0.4) is 0 Å². The highest BCUT2D eigenvalue weighted by atomic mass is 16.5. The minimum atomic E-state index is -0.357. The molecule has 1 aromatic heterocycles. The van der Waals surface area contributed by atoms with Gasteiger partial charge in [0.15, 0.2) is 23.0 Å². The Balaban J connectivity index is 2.31. The Morgan fingerprint density at radius 3 is 2.04 bits per heavy atom. The van der Waals surface area contributed by atoms with E-state index in [9.17, 15) is 10.1 Å². The fourth-order valence-corrected chi connectivity index (χ4v) is 2.78. The van der Waals surface area contributed by atoms with Crippen molar-refractivity contribution in [2.24, 2.45) is 0 Å². The Labute approximate surface area is 155 Å². The highest BCUT2D eigenvalue weighted by Crippen LogP contribution is 2.33. The van der Waals surface area contributed by atoms with E-state index in [4.69, 9.17) is 18.9 Å². The third kappa shape index (κ3) is 3.00. The largest absolute Gasteiger partial charge is 0.493 e. The van der Waals surface area contributed by atoms with E-state index >= 15 is 0 Å². The van der Waals surface area contributed by atoms with Crippen LogP contribution in [0.5, 0.6) is 23.0 Å². The quantitative estimate of drug-likeness (QED) is 0.683. The lowest BCUT2D eigenvalue weighted by atomic mass is 10.1. The Kier molecular flexibility index (Phi) is 4.86. The van der Waals surface area contributed by atoms with Crippen LogP contribution < -0.4 is 24.5 Å². The van der Waals surface area contributed by atoms with Gasteiger partial charge in [-0.1, -0.05) is 0 Å². The van der Waals surface area contributed by atoms with Crippen LogP contribution in [0, 0.1) is 11.3 Å². The predicted octanol–water partition coefficient (Wildman–Crippen LogP) is 2.29. The minimum absolute atomic E-state index is 0.247. The maximum Gasteiger partial charge on any atom is 0.265 e. The van der Waals surface area contributed by atoms with E-state index in [-0.39, 0.29) is 11.1 Å². The average Bonchev–Trinajstić information content (AvgIpc) is 2.72. The number of nitriles is 1. The second kappa shape index (κ2) is 7.25. The van der Waals surface area contributed by atoms with Crippen molar-refractivity contribution in [1.29, 1.82) is 5.26 Å². The number of nitrogens with zero attached hydrogens (tertiary/aromatic N) is 3. The molecule has 8 heteroatoms. The SMILES string of the molecule is COc1cc(C#N)c(-n2cnc3cc(OC)c(OC)cc3c2=O)cc1OC. The maximum atomic E-state index is 13.1. The number of methoxy groups -OCH3 is 4. The smallest absolute Gasteiger partial charge is 0.265 e. The molecular formula is C19H17N3O5. The van der Waals surface area contributed by atoms with Crippen molar-refractivity contribution in [2.75, 3.05) is 28.4 Å². The van der Waals surface area contributed by atoms with Gasteiger partial charge in [-0.3, -0.25) is 9.36 Å². The lowest BCUT2D eigenvalue weighted by Gasteiger charge is -2.14. The van der Waals surface area contributed by atoms with E-state index in [1.807, 2.05) is 0 Å². The van der Waals surface area contributed by atoms with Crippen LogP contribution in [0.15, 0.2) is 35.4 Å². The molecule has 0 aliphatic rings. The third-order valence-electron chi connectivity index (χ3n) is 4.15. The van der Waals surface area contributed by atoms with Crippen molar-refractivity contribution in [1.82, 2.24) is 9.55 Å². The third-order valence-corrected chi connectivity index (χ3v) is 4.15. The zero-order valence-electron chi connectivity index (χ0n) is 15.3. The summed E-state index contributed by atoms with van der Waals surface area (Å²) in [4.78, 5) is 17.4. The molecule has 0 bridgehead atoms. The lowest BCUT2D eigenvalue weighted by Crippen LogP contribution is -2.20. The molecule has 0 aliphatic carbocycles. The Morgan fingerprint density at radius 1 is 0.889 bits per heavy atom. The highest BCUT2D eigenvalue weighted by Gasteiger charge is 2.16. The van der Waals surface area contributed by atoms with Crippen molar-refractivity contribution in [3.05, 3.63) is 46.5 Å². The Hall–Kier alpha value is -3.73. The number of benzene rings is 2. The average molecular weight is 367 g/mol. The molecule has 0 radical (unpaired) electrons. The normalized spacial score (nSPS) is 10.3. The van der Waals surface area contributed by atoms with Crippen LogP contribution in [0.1, 0.15) is 5.56 Å². The zero-order valence-corrected chi connectivity index (χ0v) is 15.3. The van der Waals surface area contributed by atoms with Crippen LogP contribution in [-0.2, 0) is 0 Å². The number of hydrogen-bond donors (Lipinski definition) is 0. The zero-order chi connectivity index (χ0) is 19.6. The molecule has 0 fully saturated rings. The van der Waals surface area contributed by atoms with Gasteiger partial charge in [0.25, 0.3) is 5.56 Å². The molecule has 8 nitrogen and oxygen atoms in total. The van der Waals surface area contributed by atoms with E-state index in [1.54, 1.807) is 18.2 Å². The molecule has 3 aromatic rings. The summed E-state index contributed by atoms with van der Waals surface area (Å²) in [7, 11) is 5.95. The van der Waals surface area contributed by atoms with Gasteiger partial charge >= 0.3 is 0 Å². The second-order valence-corrected chi connectivity index (χ2v) is 5.48. The summed E-state index contributed by atoms with van der Waals surface area (Å²) in [6.45, 7) is 0. The van der Waals surface area contributed by atoms with Crippen LogP contribution in [0.4, 0.5) is 0 Å². The van der Waals surface area contributed by atoms with Gasteiger partial charge in [0.2, 0.25) is 0 Å². The minimum Gasteiger partial charge on any atom is -0.493 e. The molecule has 3 rings (SSSR count). The summed E-state index contributed by atoms with van der Waals surface area (Å²) in [5.74, 6) is 1.67. The number of rotatable bonds is 5. The molecule has 1 heterocycles. The van der Waals surface area contributed by atoms with Crippen molar-refractivity contribution in [3.63, 3.8) is 0 Å².